The number of hydrogen-bond acceptors (Lipinski definition) is 3. The molecule has 1 aliphatic heterocycles. The summed E-state index contributed by atoms with van der Waals surface area (Å²) in [5.41, 5.74) is 2.47. The summed E-state index contributed by atoms with van der Waals surface area (Å²) in [7, 11) is 2.04. The molecule has 15 heavy (non-hydrogen) atoms. The molecule has 4 nitrogen and oxygen atoms in total. The van der Waals surface area contributed by atoms with E-state index < -0.39 is 0 Å². The van der Waals surface area contributed by atoms with Gasteiger partial charge in [0, 0.05) is 26.6 Å². The first-order valence-electron chi connectivity index (χ1n) is 5.15. The zero-order valence-corrected chi connectivity index (χ0v) is 8.66. The van der Waals surface area contributed by atoms with E-state index in [1.54, 1.807) is 6.26 Å². The van der Waals surface area contributed by atoms with Gasteiger partial charge in [0.1, 0.15) is 0 Å². The molecule has 0 amide bonds. The van der Waals surface area contributed by atoms with Crippen molar-refractivity contribution >= 4 is 0 Å². The highest BCUT2D eigenvalue weighted by molar-refractivity contribution is 5.49. The maximum atomic E-state index is 5.37. The monoisotopic (exact) mass is 203 g/mol. The van der Waals surface area contributed by atoms with Gasteiger partial charge in [-0.05, 0) is 12.1 Å². The molecule has 0 atom stereocenters. The van der Waals surface area contributed by atoms with Crippen molar-refractivity contribution in [2.24, 2.45) is 7.05 Å². The number of furan rings is 1. The Morgan fingerprint density at radius 2 is 2.47 bits per heavy atom. The van der Waals surface area contributed by atoms with Gasteiger partial charge in [0.25, 0.3) is 0 Å². The fourth-order valence-electron chi connectivity index (χ4n) is 2.05. The highest BCUT2D eigenvalue weighted by Gasteiger charge is 2.19. The molecule has 0 aliphatic carbocycles. The van der Waals surface area contributed by atoms with Crippen LogP contribution in [-0.2, 0) is 20.0 Å². The van der Waals surface area contributed by atoms with E-state index in [0.29, 0.717) is 0 Å². The number of fused-ring (bicyclic) bond motifs is 1. The summed E-state index contributed by atoms with van der Waals surface area (Å²) in [5, 5.41) is 3.35. The van der Waals surface area contributed by atoms with Gasteiger partial charge in [0.2, 0.25) is 0 Å². The minimum Gasteiger partial charge on any atom is -0.461 e. The predicted octanol–water partition coefficient (Wildman–Crippen LogP) is 1.33. The Kier molecular flexibility index (Phi) is 1.89. The van der Waals surface area contributed by atoms with Crippen molar-refractivity contribution in [3.8, 4) is 11.6 Å². The minimum atomic E-state index is 0.840. The van der Waals surface area contributed by atoms with E-state index in [1.165, 1.54) is 11.4 Å². The quantitative estimate of drug-likeness (QED) is 0.760. The highest BCUT2D eigenvalue weighted by Crippen LogP contribution is 2.23. The summed E-state index contributed by atoms with van der Waals surface area (Å²) in [4.78, 5) is 4.62. The van der Waals surface area contributed by atoms with Crippen molar-refractivity contribution in [3.05, 3.63) is 29.8 Å². The van der Waals surface area contributed by atoms with Gasteiger partial charge < -0.3 is 14.3 Å². The summed E-state index contributed by atoms with van der Waals surface area (Å²) < 4.78 is 7.49. The molecule has 0 bridgehead atoms. The van der Waals surface area contributed by atoms with E-state index in [4.69, 9.17) is 4.42 Å². The molecule has 0 saturated heterocycles. The Labute approximate surface area is 87.9 Å². The average Bonchev–Trinajstić information content (AvgIpc) is 2.87. The number of hydrogen-bond donors (Lipinski definition) is 1. The van der Waals surface area contributed by atoms with Gasteiger partial charge in [-0.15, -0.1) is 0 Å². The fourth-order valence-corrected chi connectivity index (χ4v) is 2.05. The zero-order valence-electron chi connectivity index (χ0n) is 8.66. The molecule has 3 heterocycles. The second-order valence-corrected chi connectivity index (χ2v) is 3.79. The number of nitrogens with one attached hydrogen (secondary N) is 1. The zero-order chi connectivity index (χ0) is 10.3. The fraction of sp³-hybridized carbons (Fsp3) is 0.364. The molecule has 0 aromatic carbocycles. The lowest BCUT2D eigenvalue weighted by atomic mass is 10.2. The van der Waals surface area contributed by atoms with E-state index in [2.05, 4.69) is 14.9 Å². The number of rotatable bonds is 1. The average molecular weight is 203 g/mol. The van der Waals surface area contributed by atoms with Gasteiger partial charge in [-0.25, -0.2) is 4.98 Å². The molecule has 0 radical (unpaired) electrons. The van der Waals surface area contributed by atoms with Crippen LogP contribution >= 0.6 is 0 Å². The topological polar surface area (TPSA) is 43.0 Å². The van der Waals surface area contributed by atoms with E-state index >= 15 is 0 Å². The van der Waals surface area contributed by atoms with Crippen molar-refractivity contribution in [1.29, 1.82) is 0 Å². The summed E-state index contributed by atoms with van der Waals surface area (Å²) in [6.45, 7) is 1.92. The number of nitrogens with zero attached hydrogens (tertiary/aromatic N) is 2. The first-order valence-corrected chi connectivity index (χ1v) is 5.15. The van der Waals surface area contributed by atoms with Gasteiger partial charge in [-0.1, -0.05) is 0 Å². The Balaban J connectivity index is 2.13. The lowest BCUT2D eigenvalue weighted by molar-refractivity contribution is 0.571. The summed E-state index contributed by atoms with van der Waals surface area (Å²) >= 11 is 0. The molecule has 2 aromatic heterocycles. The standard InChI is InChI=1S/C11H13N3O/c1-14-9-7-12-5-4-8(9)13-11(14)10-3-2-6-15-10/h2-3,6,12H,4-5,7H2,1H3. The van der Waals surface area contributed by atoms with Gasteiger partial charge in [0.15, 0.2) is 11.6 Å². The van der Waals surface area contributed by atoms with Crippen molar-refractivity contribution < 1.29 is 4.42 Å². The predicted molar refractivity (Wildman–Crippen MR) is 56.3 cm³/mol. The summed E-state index contributed by atoms with van der Waals surface area (Å²) in [5.74, 6) is 1.76. The van der Waals surface area contributed by atoms with Crippen molar-refractivity contribution in [2.75, 3.05) is 6.54 Å². The minimum absolute atomic E-state index is 0.840. The highest BCUT2D eigenvalue weighted by atomic mass is 16.3. The van der Waals surface area contributed by atoms with Crippen LogP contribution in [0, 0.1) is 0 Å². The van der Waals surface area contributed by atoms with Crippen LogP contribution in [0.4, 0.5) is 0 Å². The van der Waals surface area contributed by atoms with Gasteiger partial charge in [-0.3, -0.25) is 0 Å². The third kappa shape index (κ3) is 1.29. The van der Waals surface area contributed by atoms with Gasteiger partial charge in [0.05, 0.1) is 17.7 Å². The molecule has 0 spiro atoms. The molecule has 0 saturated carbocycles. The molecular formula is C11H13N3O. The molecule has 0 unspecified atom stereocenters. The van der Waals surface area contributed by atoms with E-state index in [0.717, 1.165) is 31.1 Å². The van der Waals surface area contributed by atoms with Crippen molar-refractivity contribution in [2.45, 2.75) is 13.0 Å². The normalized spacial score (nSPS) is 15.3. The first-order chi connectivity index (χ1) is 7.36. The van der Waals surface area contributed by atoms with Crippen LogP contribution in [0.3, 0.4) is 0 Å². The van der Waals surface area contributed by atoms with E-state index in [9.17, 15) is 0 Å². The van der Waals surface area contributed by atoms with Crippen LogP contribution in [0.1, 0.15) is 11.4 Å². The van der Waals surface area contributed by atoms with Crippen LogP contribution in [0.25, 0.3) is 11.6 Å². The van der Waals surface area contributed by atoms with Gasteiger partial charge >= 0.3 is 0 Å². The van der Waals surface area contributed by atoms with Crippen LogP contribution in [0.15, 0.2) is 22.8 Å². The van der Waals surface area contributed by atoms with Crippen LogP contribution in [0.5, 0.6) is 0 Å². The number of aromatic nitrogens is 2. The molecule has 78 valence electrons. The van der Waals surface area contributed by atoms with Crippen LogP contribution < -0.4 is 5.32 Å². The summed E-state index contributed by atoms with van der Waals surface area (Å²) in [6.07, 6.45) is 2.69. The number of imidazole rings is 1. The second kappa shape index (κ2) is 3.24. The van der Waals surface area contributed by atoms with Crippen molar-refractivity contribution in [3.63, 3.8) is 0 Å². The van der Waals surface area contributed by atoms with Crippen LogP contribution in [0.2, 0.25) is 0 Å². The Morgan fingerprint density at radius 1 is 1.53 bits per heavy atom. The maximum Gasteiger partial charge on any atom is 0.176 e. The molecule has 2 aromatic rings. The molecule has 1 N–H and O–H groups in total. The lowest BCUT2D eigenvalue weighted by Gasteiger charge is -2.12. The van der Waals surface area contributed by atoms with Gasteiger partial charge in [-0.2, -0.15) is 0 Å². The maximum absolute atomic E-state index is 5.37. The largest absolute Gasteiger partial charge is 0.461 e. The van der Waals surface area contributed by atoms with Crippen molar-refractivity contribution in [1.82, 2.24) is 14.9 Å². The second-order valence-electron chi connectivity index (χ2n) is 3.79. The molecule has 3 rings (SSSR count). The Morgan fingerprint density at radius 3 is 3.20 bits per heavy atom. The first kappa shape index (κ1) is 8.73. The SMILES string of the molecule is Cn1c(-c2ccco2)nc2c1CNCC2. The third-order valence-electron chi connectivity index (χ3n) is 2.87. The van der Waals surface area contributed by atoms with E-state index in [-0.39, 0.29) is 0 Å². The molecular weight excluding hydrogens is 190 g/mol. The Bertz CT molecular complexity index is 470. The third-order valence-corrected chi connectivity index (χ3v) is 2.87. The molecule has 0 fully saturated rings. The lowest BCUT2D eigenvalue weighted by Crippen LogP contribution is -2.24. The summed E-state index contributed by atoms with van der Waals surface area (Å²) in [6, 6.07) is 3.84. The molecule has 1 aliphatic rings. The molecule has 4 heteroatoms. The van der Waals surface area contributed by atoms with Crippen LogP contribution in [-0.4, -0.2) is 16.1 Å². The van der Waals surface area contributed by atoms with E-state index in [1.807, 2.05) is 19.2 Å². The Hall–Kier alpha value is -1.55. The smallest absolute Gasteiger partial charge is 0.176 e.